The van der Waals surface area contributed by atoms with E-state index in [-0.39, 0.29) is 26.4 Å². The summed E-state index contributed by atoms with van der Waals surface area (Å²) in [6.07, 6.45) is 3.43. The van der Waals surface area contributed by atoms with Crippen molar-refractivity contribution in [2.75, 3.05) is 27.4 Å². The van der Waals surface area contributed by atoms with Gasteiger partial charge in [-0.1, -0.05) is 30.3 Å². The zero-order chi connectivity index (χ0) is 35.7. The number of carbonyl (C=O) groups excluding carboxylic acids is 1. The summed E-state index contributed by atoms with van der Waals surface area (Å²) in [5.74, 6) is 3.28. The van der Waals surface area contributed by atoms with Gasteiger partial charge in [-0.05, 0) is 81.3 Å². The lowest BCUT2D eigenvalue weighted by atomic mass is 10.1. The smallest absolute Gasteiger partial charge is 0.354 e. The lowest BCUT2D eigenvalue weighted by Gasteiger charge is -2.13. The SMILES string of the molecule is CCOP(=O)(C=Cc1cn(-c2ccccc2)nc1OCc1ccc(OCc2nc(-c3ccc(C)c(C(=O)OC)c3)oc2C)c(OC)c1)OCC. The molecule has 13 heteroatoms. The number of oxazole rings is 1. The number of methoxy groups -OCH3 is 2. The molecule has 12 nitrogen and oxygen atoms in total. The van der Waals surface area contributed by atoms with Crippen LogP contribution in [-0.2, 0) is 31.6 Å². The topological polar surface area (TPSA) is 133 Å². The number of nitrogens with zero attached hydrogens (tertiary/aromatic N) is 3. The maximum atomic E-state index is 13.1. The van der Waals surface area contributed by atoms with E-state index < -0.39 is 13.6 Å². The van der Waals surface area contributed by atoms with Gasteiger partial charge in [0.25, 0.3) is 0 Å². The first-order valence-electron chi connectivity index (χ1n) is 16.0. The van der Waals surface area contributed by atoms with Gasteiger partial charge in [0.15, 0.2) is 11.5 Å². The molecule has 0 unspecified atom stereocenters. The predicted molar refractivity (Wildman–Crippen MR) is 188 cm³/mol. The van der Waals surface area contributed by atoms with E-state index in [1.54, 1.807) is 57.0 Å². The first-order chi connectivity index (χ1) is 24.2. The molecule has 0 amide bonds. The van der Waals surface area contributed by atoms with Crippen molar-refractivity contribution in [3.63, 3.8) is 0 Å². The number of para-hydroxylation sites is 1. The quantitative estimate of drug-likeness (QED) is 0.0726. The number of rotatable bonds is 16. The Kier molecular flexibility index (Phi) is 11.9. The van der Waals surface area contributed by atoms with Crippen LogP contribution in [0.1, 0.15) is 52.3 Å². The van der Waals surface area contributed by atoms with Crippen molar-refractivity contribution in [2.45, 2.75) is 40.9 Å². The van der Waals surface area contributed by atoms with Crippen LogP contribution in [-0.4, -0.2) is 48.2 Å². The van der Waals surface area contributed by atoms with Crippen LogP contribution in [0.25, 0.3) is 23.2 Å². The van der Waals surface area contributed by atoms with Gasteiger partial charge in [-0.3, -0.25) is 4.57 Å². The van der Waals surface area contributed by atoms with Gasteiger partial charge in [-0.15, -0.1) is 5.10 Å². The maximum Gasteiger partial charge on any atom is 0.354 e. The fourth-order valence-corrected chi connectivity index (χ4v) is 6.26. The number of benzene rings is 3. The molecule has 0 atom stereocenters. The van der Waals surface area contributed by atoms with Crippen molar-refractivity contribution in [1.82, 2.24) is 14.8 Å². The molecular weight excluding hydrogens is 661 g/mol. The van der Waals surface area contributed by atoms with Crippen LogP contribution in [0.3, 0.4) is 0 Å². The summed E-state index contributed by atoms with van der Waals surface area (Å²) in [6, 6.07) is 20.4. The zero-order valence-electron chi connectivity index (χ0n) is 28.9. The van der Waals surface area contributed by atoms with Crippen LogP contribution in [0.2, 0.25) is 0 Å². The van der Waals surface area contributed by atoms with Crippen LogP contribution in [0.15, 0.2) is 83.2 Å². The van der Waals surface area contributed by atoms with Crippen LogP contribution in [0.4, 0.5) is 0 Å². The molecule has 0 bridgehead atoms. The van der Waals surface area contributed by atoms with Crippen molar-refractivity contribution in [3.05, 3.63) is 112 Å². The van der Waals surface area contributed by atoms with E-state index in [0.29, 0.717) is 51.4 Å². The molecule has 0 saturated heterocycles. The van der Waals surface area contributed by atoms with Gasteiger partial charge in [0.2, 0.25) is 11.8 Å². The Morgan fingerprint density at radius 1 is 0.920 bits per heavy atom. The van der Waals surface area contributed by atoms with Crippen LogP contribution in [0, 0.1) is 13.8 Å². The van der Waals surface area contributed by atoms with Gasteiger partial charge < -0.3 is 32.4 Å². The standard InChI is InChI=1S/C37H40N3O9P/c1-7-47-50(42,48-8-2)19-18-29-22-40(30-12-10-9-11-13-30)39-36(29)46-23-27-15-17-33(34(20-27)43-5)45-24-32-26(4)49-35(38-32)28-16-14-25(3)31(21-28)37(41)44-6/h9-22H,7-8,23-24H2,1-6H3. The van der Waals surface area contributed by atoms with Crippen molar-refractivity contribution >= 4 is 19.6 Å². The van der Waals surface area contributed by atoms with E-state index in [4.69, 9.17) is 32.4 Å². The number of hydrogen-bond donors (Lipinski definition) is 0. The molecule has 0 fully saturated rings. The number of hydrogen-bond acceptors (Lipinski definition) is 11. The second-order valence-corrected chi connectivity index (χ2v) is 12.9. The van der Waals surface area contributed by atoms with Gasteiger partial charge >= 0.3 is 13.6 Å². The predicted octanol–water partition coefficient (Wildman–Crippen LogP) is 8.33. The van der Waals surface area contributed by atoms with Crippen LogP contribution >= 0.6 is 7.60 Å². The van der Waals surface area contributed by atoms with E-state index in [0.717, 1.165) is 16.8 Å². The highest BCUT2D eigenvalue weighted by atomic mass is 31.2. The molecule has 0 aliphatic carbocycles. The number of esters is 1. The molecule has 2 heterocycles. The Morgan fingerprint density at radius 3 is 2.38 bits per heavy atom. The van der Waals surface area contributed by atoms with Gasteiger partial charge in [-0.2, -0.15) is 0 Å². The minimum absolute atomic E-state index is 0.122. The summed E-state index contributed by atoms with van der Waals surface area (Å²) < 4.78 is 54.3. The molecule has 0 aliphatic rings. The molecule has 5 rings (SSSR count). The van der Waals surface area contributed by atoms with E-state index in [2.05, 4.69) is 10.1 Å². The number of aromatic nitrogens is 3. The van der Waals surface area contributed by atoms with Crippen molar-refractivity contribution in [3.8, 4) is 34.5 Å². The third-order valence-corrected chi connectivity index (χ3v) is 9.28. The van der Waals surface area contributed by atoms with Crippen molar-refractivity contribution in [2.24, 2.45) is 0 Å². The van der Waals surface area contributed by atoms with E-state index in [9.17, 15) is 9.36 Å². The number of carbonyl (C=O) groups is 1. The van der Waals surface area contributed by atoms with Crippen molar-refractivity contribution in [1.29, 1.82) is 0 Å². The fraction of sp³-hybridized carbons (Fsp3) is 0.270. The second kappa shape index (κ2) is 16.5. The van der Waals surface area contributed by atoms with Crippen molar-refractivity contribution < 1.29 is 41.8 Å². The fourth-order valence-electron chi connectivity index (χ4n) is 4.95. The first-order valence-corrected chi connectivity index (χ1v) is 17.6. The molecule has 0 N–H and O–H groups in total. The lowest BCUT2D eigenvalue weighted by Crippen LogP contribution is -2.04. The minimum Gasteiger partial charge on any atom is -0.493 e. The molecular formula is C37H40N3O9P. The number of aryl methyl sites for hydroxylation is 2. The molecule has 0 aliphatic heterocycles. The van der Waals surface area contributed by atoms with Crippen LogP contribution < -0.4 is 14.2 Å². The number of ether oxygens (including phenoxy) is 4. The highest BCUT2D eigenvalue weighted by Crippen LogP contribution is 2.50. The molecule has 0 spiro atoms. The summed E-state index contributed by atoms with van der Waals surface area (Å²) in [6.45, 7) is 7.91. The summed E-state index contributed by atoms with van der Waals surface area (Å²) in [7, 11) is -0.544. The highest BCUT2D eigenvalue weighted by Gasteiger charge is 2.21. The highest BCUT2D eigenvalue weighted by molar-refractivity contribution is 7.57. The summed E-state index contributed by atoms with van der Waals surface area (Å²) >= 11 is 0. The van der Waals surface area contributed by atoms with Gasteiger partial charge in [-0.25, -0.2) is 14.5 Å². The molecule has 0 saturated carbocycles. The molecule has 5 aromatic rings. The molecule has 50 heavy (non-hydrogen) atoms. The Bertz CT molecular complexity index is 1990. The third kappa shape index (κ3) is 8.70. The Hall–Kier alpha value is -5.16. The van der Waals surface area contributed by atoms with Gasteiger partial charge in [0.1, 0.15) is 24.7 Å². The molecule has 2 aromatic heterocycles. The zero-order valence-corrected chi connectivity index (χ0v) is 29.8. The van der Waals surface area contributed by atoms with E-state index >= 15 is 0 Å². The average Bonchev–Trinajstić information content (AvgIpc) is 3.72. The molecule has 262 valence electrons. The van der Waals surface area contributed by atoms with Crippen LogP contribution in [0.5, 0.6) is 17.4 Å². The summed E-state index contributed by atoms with van der Waals surface area (Å²) in [5.41, 5.74) is 4.71. The maximum absolute atomic E-state index is 13.1. The monoisotopic (exact) mass is 701 g/mol. The normalized spacial score (nSPS) is 11.6. The Morgan fingerprint density at radius 2 is 1.68 bits per heavy atom. The summed E-state index contributed by atoms with van der Waals surface area (Å²) in [5, 5.41) is 4.64. The lowest BCUT2D eigenvalue weighted by molar-refractivity contribution is 0.0600. The Labute approximate surface area is 291 Å². The third-order valence-electron chi connectivity index (χ3n) is 7.53. The molecule has 3 aromatic carbocycles. The van der Waals surface area contributed by atoms with Gasteiger partial charge in [0.05, 0.1) is 44.2 Å². The first kappa shape index (κ1) is 36.1. The van der Waals surface area contributed by atoms with E-state index in [1.165, 1.54) is 12.9 Å². The average molecular weight is 702 g/mol. The minimum atomic E-state index is -3.45. The molecule has 0 radical (unpaired) electrons. The van der Waals surface area contributed by atoms with E-state index in [1.807, 2.05) is 61.5 Å². The Balaban J connectivity index is 1.31. The summed E-state index contributed by atoms with van der Waals surface area (Å²) in [4.78, 5) is 16.8. The van der Waals surface area contributed by atoms with Gasteiger partial charge in [0, 0.05) is 17.6 Å². The largest absolute Gasteiger partial charge is 0.493 e. The second-order valence-electron chi connectivity index (χ2n) is 11.0.